The number of piperidine rings is 1. The summed E-state index contributed by atoms with van der Waals surface area (Å²) in [6.07, 6.45) is 2.84. The molecule has 5 heteroatoms. The van der Waals surface area contributed by atoms with Crippen LogP contribution in [0.5, 0.6) is 0 Å². The van der Waals surface area contributed by atoms with Gasteiger partial charge in [-0.05, 0) is 12.8 Å². The van der Waals surface area contributed by atoms with Crippen LogP contribution in [0.3, 0.4) is 0 Å². The van der Waals surface area contributed by atoms with E-state index in [0.29, 0.717) is 6.67 Å². The molecule has 2 aliphatic heterocycles. The molecule has 1 atom stereocenters. The zero-order valence-electron chi connectivity index (χ0n) is 7.62. The van der Waals surface area contributed by atoms with E-state index in [2.05, 4.69) is 10.5 Å². The van der Waals surface area contributed by atoms with E-state index in [1.165, 1.54) is 7.11 Å². The molecule has 5 nitrogen and oxygen atoms in total. The van der Waals surface area contributed by atoms with Crippen molar-refractivity contribution in [2.24, 2.45) is 5.10 Å². The van der Waals surface area contributed by atoms with E-state index in [1.54, 1.807) is 0 Å². The minimum absolute atomic E-state index is 0.132. The first-order valence-corrected chi connectivity index (χ1v) is 4.47. The van der Waals surface area contributed by atoms with Crippen LogP contribution in [0.2, 0.25) is 0 Å². The summed E-state index contributed by atoms with van der Waals surface area (Å²) < 4.78 is 4.73. The average Bonchev–Trinajstić information content (AvgIpc) is 2.63. The van der Waals surface area contributed by atoms with Crippen molar-refractivity contribution in [1.29, 1.82) is 0 Å². The van der Waals surface area contributed by atoms with Gasteiger partial charge in [-0.25, -0.2) is 4.79 Å². The SMILES string of the molecule is COC(=O)C1CCCC2=NNCN21. The molecule has 0 spiro atoms. The fraction of sp³-hybridized carbons (Fsp3) is 0.750. The van der Waals surface area contributed by atoms with Crippen LogP contribution in [-0.4, -0.2) is 36.5 Å². The van der Waals surface area contributed by atoms with Gasteiger partial charge in [0.25, 0.3) is 0 Å². The highest BCUT2D eigenvalue weighted by Crippen LogP contribution is 2.21. The van der Waals surface area contributed by atoms with Crippen molar-refractivity contribution in [2.45, 2.75) is 25.3 Å². The first-order valence-electron chi connectivity index (χ1n) is 4.47. The van der Waals surface area contributed by atoms with E-state index >= 15 is 0 Å². The summed E-state index contributed by atoms with van der Waals surface area (Å²) in [5.41, 5.74) is 2.88. The lowest BCUT2D eigenvalue weighted by Crippen LogP contribution is -2.47. The molecule has 1 N–H and O–H groups in total. The van der Waals surface area contributed by atoms with Crippen LogP contribution in [0, 0.1) is 0 Å². The van der Waals surface area contributed by atoms with Crippen LogP contribution in [0.1, 0.15) is 19.3 Å². The van der Waals surface area contributed by atoms with Crippen LogP contribution in [0.15, 0.2) is 5.10 Å². The second-order valence-electron chi connectivity index (χ2n) is 3.25. The number of ether oxygens (including phenoxy) is 1. The number of hydrogen-bond donors (Lipinski definition) is 1. The molecule has 0 saturated carbocycles. The molecule has 2 rings (SSSR count). The van der Waals surface area contributed by atoms with Gasteiger partial charge in [-0.2, -0.15) is 5.10 Å². The summed E-state index contributed by atoms with van der Waals surface area (Å²) in [4.78, 5) is 13.3. The summed E-state index contributed by atoms with van der Waals surface area (Å²) in [6.45, 7) is 0.634. The molecular formula is C8H13N3O2. The standard InChI is InChI=1S/C8H13N3O2/c1-13-8(12)6-3-2-4-7-10-9-5-11(6)7/h6,9H,2-5H2,1H3. The van der Waals surface area contributed by atoms with Crippen LogP contribution >= 0.6 is 0 Å². The Morgan fingerprint density at radius 1 is 1.77 bits per heavy atom. The first-order chi connectivity index (χ1) is 6.33. The maximum absolute atomic E-state index is 11.4. The average molecular weight is 183 g/mol. The molecule has 2 aliphatic rings. The van der Waals surface area contributed by atoms with Gasteiger partial charge in [-0.3, -0.25) is 5.43 Å². The third-order valence-corrected chi connectivity index (χ3v) is 2.51. The Morgan fingerprint density at radius 2 is 2.62 bits per heavy atom. The van der Waals surface area contributed by atoms with Gasteiger partial charge in [0.05, 0.1) is 7.11 Å². The number of carbonyl (C=O) groups excluding carboxylic acids is 1. The quantitative estimate of drug-likeness (QED) is 0.576. The number of rotatable bonds is 1. The van der Waals surface area contributed by atoms with Gasteiger partial charge < -0.3 is 9.64 Å². The third kappa shape index (κ3) is 1.34. The highest BCUT2D eigenvalue weighted by Gasteiger charge is 2.34. The molecule has 0 aromatic rings. The monoisotopic (exact) mass is 183 g/mol. The van der Waals surface area contributed by atoms with Crippen molar-refractivity contribution in [1.82, 2.24) is 10.3 Å². The minimum atomic E-state index is -0.156. The number of nitrogens with zero attached hydrogens (tertiary/aromatic N) is 2. The molecular weight excluding hydrogens is 170 g/mol. The normalized spacial score (nSPS) is 26.1. The van der Waals surface area contributed by atoms with Gasteiger partial charge >= 0.3 is 5.97 Å². The second-order valence-corrected chi connectivity index (χ2v) is 3.25. The molecule has 0 aromatic heterocycles. The van der Waals surface area contributed by atoms with E-state index in [0.717, 1.165) is 25.1 Å². The van der Waals surface area contributed by atoms with Crippen LogP contribution < -0.4 is 5.43 Å². The fourth-order valence-corrected chi connectivity index (χ4v) is 1.84. The minimum Gasteiger partial charge on any atom is -0.467 e. The van der Waals surface area contributed by atoms with Gasteiger partial charge in [0.2, 0.25) is 0 Å². The van der Waals surface area contributed by atoms with E-state index in [4.69, 9.17) is 4.74 Å². The number of methoxy groups -OCH3 is 1. The van der Waals surface area contributed by atoms with Crippen molar-refractivity contribution in [3.8, 4) is 0 Å². The number of carbonyl (C=O) groups is 1. The van der Waals surface area contributed by atoms with Crippen molar-refractivity contribution < 1.29 is 9.53 Å². The Labute approximate surface area is 76.7 Å². The number of hydrogen-bond acceptors (Lipinski definition) is 5. The number of amidine groups is 1. The van der Waals surface area contributed by atoms with Gasteiger partial charge in [0, 0.05) is 6.42 Å². The Morgan fingerprint density at radius 3 is 3.38 bits per heavy atom. The maximum atomic E-state index is 11.4. The predicted molar refractivity (Wildman–Crippen MR) is 46.9 cm³/mol. The zero-order chi connectivity index (χ0) is 9.26. The van der Waals surface area contributed by atoms with Gasteiger partial charge in [0.1, 0.15) is 18.5 Å². The first kappa shape index (κ1) is 8.34. The molecule has 0 amide bonds. The summed E-state index contributed by atoms with van der Waals surface area (Å²) in [5.74, 6) is 0.831. The molecule has 1 unspecified atom stereocenters. The Kier molecular flexibility index (Phi) is 2.08. The van der Waals surface area contributed by atoms with Crippen molar-refractivity contribution >= 4 is 11.8 Å². The maximum Gasteiger partial charge on any atom is 0.328 e. The smallest absolute Gasteiger partial charge is 0.328 e. The highest BCUT2D eigenvalue weighted by atomic mass is 16.5. The number of esters is 1. The second kappa shape index (κ2) is 3.24. The molecule has 1 fully saturated rings. The predicted octanol–water partition coefficient (Wildman–Crippen LogP) is -0.112. The van der Waals surface area contributed by atoms with Gasteiger partial charge in [0.15, 0.2) is 0 Å². The lowest BCUT2D eigenvalue weighted by atomic mass is 10.0. The van der Waals surface area contributed by atoms with Crippen molar-refractivity contribution in [3.05, 3.63) is 0 Å². The summed E-state index contributed by atoms with van der Waals surface area (Å²) in [6, 6.07) is -0.132. The van der Waals surface area contributed by atoms with Crippen molar-refractivity contribution in [2.75, 3.05) is 13.8 Å². The fourth-order valence-electron chi connectivity index (χ4n) is 1.84. The molecule has 0 bridgehead atoms. The highest BCUT2D eigenvalue weighted by molar-refractivity contribution is 5.89. The van der Waals surface area contributed by atoms with Crippen LogP contribution in [0.4, 0.5) is 0 Å². The summed E-state index contributed by atoms with van der Waals surface area (Å²) in [7, 11) is 1.43. The molecule has 13 heavy (non-hydrogen) atoms. The van der Waals surface area contributed by atoms with Gasteiger partial charge in [-0.15, -0.1) is 0 Å². The van der Waals surface area contributed by atoms with E-state index in [1.807, 2.05) is 4.90 Å². The lowest BCUT2D eigenvalue weighted by Gasteiger charge is -2.31. The topological polar surface area (TPSA) is 53.9 Å². The van der Waals surface area contributed by atoms with E-state index in [9.17, 15) is 4.79 Å². The molecule has 2 heterocycles. The Balaban J connectivity index is 2.11. The molecule has 1 saturated heterocycles. The molecule has 0 radical (unpaired) electrons. The molecule has 0 aromatic carbocycles. The lowest BCUT2D eigenvalue weighted by molar-refractivity contribution is -0.146. The summed E-state index contributed by atoms with van der Waals surface area (Å²) >= 11 is 0. The Hall–Kier alpha value is -1.26. The Bertz CT molecular complexity index is 252. The number of nitrogens with one attached hydrogen (secondary N) is 1. The van der Waals surface area contributed by atoms with Crippen LogP contribution in [-0.2, 0) is 9.53 Å². The largest absolute Gasteiger partial charge is 0.467 e. The van der Waals surface area contributed by atoms with Crippen molar-refractivity contribution in [3.63, 3.8) is 0 Å². The zero-order valence-corrected chi connectivity index (χ0v) is 7.62. The summed E-state index contributed by atoms with van der Waals surface area (Å²) in [5, 5.41) is 4.11. The molecule has 0 aliphatic carbocycles. The number of fused-ring (bicyclic) bond motifs is 1. The number of hydrazone groups is 1. The molecule has 72 valence electrons. The van der Waals surface area contributed by atoms with Crippen LogP contribution in [0.25, 0.3) is 0 Å². The third-order valence-electron chi connectivity index (χ3n) is 2.51. The van der Waals surface area contributed by atoms with E-state index in [-0.39, 0.29) is 12.0 Å². The van der Waals surface area contributed by atoms with Gasteiger partial charge in [-0.1, -0.05) is 0 Å². The van der Waals surface area contributed by atoms with E-state index < -0.39 is 0 Å².